The molecule has 2 rings (SSSR count). The van der Waals surface area contributed by atoms with E-state index in [9.17, 15) is 4.79 Å². The van der Waals surface area contributed by atoms with E-state index in [1.165, 1.54) is 30.6 Å². The van der Waals surface area contributed by atoms with Gasteiger partial charge in [0.05, 0.1) is 6.54 Å². The topological polar surface area (TPSA) is 32.3 Å². The molecule has 0 saturated carbocycles. The number of hydrogen-bond donors (Lipinski definition) is 1. The second-order valence-electron chi connectivity index (χ2n) is 4.83. The number of thiophene rings is 1. The largest absolute Gasteiger partial charge is 0.322 e. The lowest BCUT2D eigenvalue weighted by Crippen LogP contribution is -2.30. The monoisotopic (exact) mass is 298 g/mol. The van der Waals surface area contributed by atoms with Crippen LogP contribution in [0.2, 0.25) is 0 Å². The maximum absolute atomic E-state index is 11.9. The molecule has 19 heavy (non-hydrogen) atoms. The SMILES string of the molecule is CSCCCCCCN1C(=O)CNC1c1ccsc1. The highest BCUT2D eigenvalue weighted by molar-refractivity contribution is 7.98. The lowest BCUT2D eigenvalue weighted by atomic mass is 10.2. The summed E-state index contributed by atoms with van der Waals surface area (Å²) in [6, 6.07) is 2.10. The second kappa shape index (κ2) is 7.92. The predicted octanol–water partition coefficient (Wildman–Crippen LogP) is 3.10. The van der Waals surface area contributed by atoms with Gasteiger partial charge in [-0.25, -0.2) is 0 Å². The molecule has 1 unspecified atom stereocenters. The van der Waals surface area contributed by atoms with Crippen molar-refractivity contribution in [1.82, 2.24) is 10.2 Å². The van der Waals surface area contributed by atoms with Gasteiger partial charge >= 0.3 is 0 Å². The van der Waals surface area contributed by atoms with Crippen LogP contribution in [0.15, 0.2) is 16.8 Å². The van der Waals surface area contributed by atoms with E-state index in [0.717, 1.165) is 13.0 Å². The predicted molar refractivity (Wildman–Crippen MR) is 83.6 cm³/mol. The summed E-state index contributed by atoms with van der Waals surface area (Å²) in [4.78, 5) is 13.9. The molecule has 0 spiro atoms. The maximum atomic E-state index is 11.9. The van der Waals surface area contributed by atoms with Crippen molar-refractivity contribution in [2.24, 2.45) is 0 Å². The fraction of sp³-hybridized carbons (Fsp3) is 0.643. The number of rotatable bonds is 8. The Kier molecular flexibility index (Phi) is 6.20. The summed E-state index contributed by atoms with van der Waals surface area (Å²) in [6.07, 6.45) is 7.16. The van der Waals surface area contributed by atoms with Crippen molar-refractivity contribution >= 4 is 29.0 Å². The maximum Gasteiger partial charge on any atom is 0.238 e. The summed E-state index contributed by atoms with van der Waals surface area (Å²) in [7, 11) is 0. The fourth-order valence-corrected chi connectivity index (χ4v) is 3.58. The Balaban J connectivity index is 1.75. The van der Waals surface area contributed by atoms with Crippen LogP contribution in [0.5, 0.6) is 0 Å². The van der Waals surface area contributed by atoms with Crippen LogP contribution in [0.3, 0.4) is 0 Å². The van der Waals surface area contributed by atoms with Crippen molar-refractivity contribution in [2.45, 2.75) is 31.8 Å². The molecule has 0 radical (unpaired) electrons. The number of hydrogen-bond acceptors (Lipinski definition) is 4. The van der Waals surface area contributed by atoms with Crippen LogP contribution >= 0.6 is 23.1 Å². The van der Waals surface area contributed by atoms with Crippen molar-refractivity contribution in [2.75, 3.05) is 25.1 Å². The van der Waals surface area contributed by atoms with E-state index in [4.69, 9.17) is 0 Å². The smallest absolute Gasteiger partial charge is 0.238 e. The number of unbranched alkanes of at least 4 members (excludes halogenated alkanes) is 3. The number of amides is 1. The zero-order chi connectivity index (χ0) is 13.5. The molecule has 0 aliphatic carbocycles. The summed E-state index contributed by atoms with van der Waals surface area (Å²) >= 11 is 3.60. The summed E-state index contributed by atoms with van der Waals surface area (Å²) in [6.45, 7) is 1.36. The average Bonchev–Trinajstić information content (AvgIpc) is 3.04. The highest BCUT2D eigenvalue weighted by Crippen LogP contribution is 2.24. The second-order valence-corrected chi connectivity index (χ2v) is 6.60. The number of nitrogens with zero attached hydrogens (tertiary/aromatic N) is 1. The molecule has 106 valence electrons. The van der Waals surface area contributed by atoms with E-state index < -0.39 is 0 Å². The first-order valence-electron chi connectivity index (χ1n) is 6.87. The van der Waals surface area contributed by atoms with Gasteiger partial charge in [-0.05, 0) is 47.2 Å². The number of nitrogens with one attached hydrogen (secondary N) is 1. The molecule has 1 atom stereocenters. The normalized spacial score (nSPS) is 19.3. The highest BCUT2D eigenvalue weighted by atomic mass is 32.2. The molecular weight excluding hydrogens is 276 g/mol. The third-order valence-corrected chi connectivity index (χ3v) is 4.83. The van der Waals surface area contributed by atoms with E-state index in [1.54, 1.807) is 11.3 Å². The van der Waals surface area contributed by atoms with Gasteiger partial charge in [0.15, 0.2) is 0 Å². The van der Waals surface area contributed by atoms with E-state index in [-0.39, 0.29) is 12.1 Å². The van der Waals surface area contributed by atoms with Gasteiger partial charge in [0.1, 0.15) is 6.17 Å². The van der Waals surface area contributed by atoms with Crippen molar-refractivity contribution in [3.05, 3.63) is 22.4 Å². The minimum Gasteiger partial charge on any atom is -0.322 e. The molecule has 2 heterocycles. The Labute approximate surface area is 123 Å². The lowest BCUT2D eigenvalue weighted by Gasteiger charge is -2.23. The average molecular weight is 298 g/mol. The van der Waals surface area contributed by atoms with Gasteiger partial charge in [-0.3, -0.25) is 10.1 Å². The van der Waals surface area contributed by atoms with Crippen molar-refractivity contribution < 1.29 is 4.79 Å². The minimum atomic E-state index is 0.102. The Hall–Kier alpha value is -0.520. The van der Waals surface area contributed by atoms with Crippen LogP contribution in [0.4, 0.5) is 0 Å². The first-order chi connectivity index (χ1) is 9.33. The first-order valence-corrected chi connectivity index (χ1v) is 9.20. The number of carbonyl (C=O) groups is 1. The van der Waals surface area contributed by atoms with Gasteiger partial charge in [-0.2, -0.15) is 23.1 Å². The lowest BCUT2D eigenvalue weighted by molar-refractivity contribution is -0.128. The third kappa shape index (κ3) is 4.23. The molecular formula is C14H22N2OS2. The Morgan fingerprint density at radius 2 is 2.26 bits per heavy atom. The molecule has 0 aromatic carbocycles. The molecule has 1 saturated heterocycles. The van der Waals surface area contributed by atoms with Crippen LogP contribution in [0.25, 0.3) is 0 Å². The molecule has 0 bridgehead atoms. The molecule has 1 amide bonds. The van der Waals surface area contributed by atoms with Crippen molar-refractivity contribution in [1.29, 1.82) is 0 Å². The molecule has 1 aliphatic heterocycles. The Morgan fingerprint density at radius 1 is 1.42 bits per heavy atom. The van der Waals surface area contributed by atoms with E-state index in [0.29, 0.717) is 6.54 Å². The quantitative estimate of drug-likeness (QED) is 0.749. The van der Waals surface area contributed by atoms with Crippen LogP contribution < -0.4 is 5.32 Å². The highest BCUT2D eigenvalue weighted by Gasteiger charge is 2.30. The summed E-state index contributed by atoms with van der Waals surface area (Å²) in [5, 5.41) is 7.50. The minimum absolute atomic E-state index is 0.102. The Morgan fingerprint density at radius 3 is 3.00 bits per heavy atom. The fourth-order valence-electron chi connectivity index (χ4n) is 2.40. The van der Waals surface area contributed by atoms with Crippen LogP contribution in [0.1, 0.15) is 37.4 Å². The summed E-state index contributed by atoms with van der Waals surface area (Å²) in [5.41, 5.74) is 1.22. The molecule has 1 aliphatic rings. The van der Waals surface area contributed by atoms with Crippen LogP contribution in [0, 0.1) is 0 Å². The molecule has 3 nitrogen and oxygen atoms in total. The van der Waals surface area contributed by atoms with Gasteiger partial charge in [0, 0.05) is 6.54 Å². The molecule has 1 N–H and O–H groups in total. The van der Waals surface area contributed by atoms with Gasteiger partial charge < -0.3 is 4.90 Å². The Bertz CT molecular complexity index is 381. The van der Waals surface area contributed by atoms with Crippen molar-refractivity contribution in [3.8, 4) is 0 Å². The van der Waals surface area contributed by atoms with E-state index in [1.807, 2.05) is 16.7 Å². The molecule has 5 heteroatoms. The van der Waals surface area contributed by atoms with Crippen LogP contribution in [-0.2, 0) is 4.79 Å². The standard InChI is InChI=1S/C14H22N2OS2/c1-18-8-5-3-2-4-7-16-13(17)10-15-14(16)12-6-9-19-11-12/h6,9,11,14-15H,2-5,7-8,10H2,1H3. The number of carbonyl (C=O) groups excluding carboxylic acids is 1. The summed E-state index contributed by atoms with van der Waals surface area (Å²) < 4.78 is 0. The molecule has 1 aromatic rings. The molecule has 1 fully saturated rings. The van der Waals surface area contributed by atoms with Gasteiger partial charge in [-0.1, -0.05) is 12.8 Å². The van der Waals surface area contributed by atoms with E-state index >= 15 is 0 Å². The zero-order valence-electron chi connectivity index (χ0n) is 11.4. The van der Waals surface area contributed by atoms with Crippen molar-refractivity contribution in [3.63, 3.8) is 0 Å². The van der Waals surface area contributed by atoms with Gasteiger partial charge in [0.25, 0.3) is 0 Å². The zero-order valence-corrected chi connectivity index (χ0v) is 13.1. The number of thioether (sulfide) groups is 1. The van der Waals surface area contributed by atoms with E-state index in [2.05, 4.69) is 28.4 Å². The summed E-state index contributed by atoms with van der Waals surface area (Å²) in [5.74, 6) is 1.49. The first kappa shape index (κ1) is 14.9. The van der Waals surface area contributed by atoms with Gasteiger partial charge in [0.2, 0.25) is 5.91 Å². The molecule has 1 aromatic heterocycles. The van der Waals surface area contributed by atoms with Gasteiger partial charge in [-0.15, -0.1) is 0 Å². The van der Waals surface area contributed by atoms with Crippen LogP contribution in [-0.4, -0.2) is 35.9 Å². The third-order valence-electron chi connectivity index (χ3n) is 3.44.